The standard InChI is InChI=1S/C27H54N4O4/c1-10-32-23-19(16(5)6)28-25(34-12-3)21(30-23)18-14-15-27(18,9)22-26(35-13-4)29-20(17(7)8)24(31-22)33-11-2/h16-26,28-31H,10-15H2,1-9H3/t18-,19-,20-,21+,22-,23?,24?,25?,26?,27-/m1/s1. The lowest BCUT2D eigenvalue weighted by molar-refractivity contribution is -0.177. The van der Waals surface area contributed by atoms with Crippen molar-refractivity contribution in [2.24, 2.45) is 23.2 Å². The van der Waals surface area contributed by atoms with Crippen LogP contribution in [0.2, 0.25) is 0 Å². The summed E-state index contributed by atoms with van der Waals surface area (Å²) in [7, 11) is 0. The van der Waals surface area contributed by atoms with Crippen LogP contribution in [0.3, 0.4) is 0 Å². The van der Waals surface area contributed by atoms with Crippen molar-refractivity contribution in [3.63, 3.8) is 0 Å². The first-order valence-electron chi connectivity index (χ1n) is 14.2. The van der Waals surface area contributed by atoms with Crippen LogP contribution in [-0.2, 0) is 18.9 Å². The first-order valence-corrected chi connectivity index (χ1v) is 14.2. The Hall–Kier alpha value is -0.320. The van der Waals surface area contributed by atoms with Crippen LogP contribution in [0.5, 0.6) is 0 Å². The van der Waals surface area contributed by atoms with Crippen LogP contribution in [0.15, 0.2) is 0 Å². The van der Waals surface area contributed by atoms with Crippen LogP contribution in [0.1, 0.15) is 75.2 Å². The van der Waals surface area contributed by atoms with Crippen LogP contribution < -0.4 is 21.3 Å². The van der Waals surface area contributed by atoms with Crippen molar-refractivity contribution in [1.82, 2.24) is 21.3 Å². The van der Waals surface area contributed by atoms with Gasteiger partial charge in [-0.15, -0.1) is 0 Å². The largest absolute Gasteiger partial charge is 0.362 e. The van der Waals surface area contributed by atoms with E-state index in [1.54, 1.807) is 0 Å². The topological polar surface area (TPSA) is 85.0 Å². The summed E-state index contributed by atoms with van der Waals surface area (Å²) in [5.41, 5.74) is 0.0142. The van der Waals surface area contributed by atoms with Gasteiger partial charge in [-0.3, -0.25) is 21.3 Å². The van der Waals surface area contributed by atoms with Crippen molar-refractivity contribution >= 4 is 0 Å². The highest BCUT2D eigenvalue weighted by atomic mass is 16.5. The Labute approximate surface area is 214 Å². The van der Waals surface area contributed by atoms with Gasteiger partial charge in [-0.2, -0.15) is 0 Å². The molecule has 0 radical (unpaired) electrons. The molecule has 0 amide bonds. The fraction of sp³-hybridized carbons (Fsp3) is 1.00. The monoisotopic (exact) mass is 498 g/mol. The van der Waals surface area contributed by atoms with Crippen LogP contribution in [-0.4, -0.2) is 75.5 Å². The van der Waals surface area contributed by atoms with E-state index in [2.05, 4.69) is 83.6 Å². The Morgan fingerprint density at radius 2 is 1.11 bits per heavy atom. The molecule has 2 saturated heterocycles. The van der Waals surface area contributed by atoms with Gasteiger partial charge in [0.15, 0.2) is 0 Å². The Morgan fingerprint density at radius 1 is 0.657 bits per heavy atom. The fourth-order valence-corrected chi connectivity index (χ4v) is 6.51. The highest BCUT2D eigenvalue weighted by molar-refractivity contribution is 5.11. The molecule has 0 spiro atoms. The molecule has 8 heteroatoms. The molecule has 4 N–H and O–H groups in total. The predicted octanol–water partition coefficient (Wildman–Crippen LogP) is 3.03. The van der Waals surface area contributed by atoms with Crippen molar-refractivity contribution < 1.29 is 18.9 Å². The lowest BCUT2D eigenvalue weighted by atomic mass is 9.53. The average molecular weight is 499 g/mol. The molecule has 0 aromatic heterocycles. The summed E-state index contributed by atoms with van der Waals surface area (Å²) >= 11 is 0. The van der Waals surface area contributed by atoms with Gasteiger partial charge in [-0.25, -0.2) is 0 Å². The van der Waals surface area contributed by atoms with Crippen molar-refractivity contribution in [2.75, 3.05) is 26.4 Å². The van der Waals surface area contributed by atoms with Crippen molar-refractivity contribution in [2.45, 2.75) is 124 Å². The normalized spacial score (nSPS) is 42.4. The minimum absolute atomic E-state index is 0.0142. The van der Waals surface area contributed by atoms with Crippen LogP contribution >= 0.6 is 0 Å². The molecule has 3 fully saturated rings. The van der Waals surface area contributed by atoms with Crippen LogP contribution in [0.4, 0.5) is 0 Å². The van der Waals surface area contributed by atoms with Gasteiger partial charge >= 0.3 is 0 Å². The van der Waals surface area contributed by atoms with E-state index in [1.165, 1.54) is 0 Å². The number of piperazine rings is 2. The number of hydrogen-bond acceptors (Lipinski definition) is 8. The molecule has 1 saturated carbocycles. The van der Waals surface area contributed by atoms with Gasteiger partial charge < -0.3 is 18.9 Å². The number of hydrogen-bond donors (Lipinski definition) is 4. The average Bonchev–Trinajstić information content (AvgIpc) is 2.80. The second kappa shape index (κ2) is 13.0. The lowest BCUT2D eigenvalue weighted by Crippen LogP contribution is -2.77. The van der Waals surface area contributed by atoms with E-state index in [0.29, 0.717) is 44.2 Å². The molecule has 2 heterocycles. The number of ether oxygens (including phenoxy) is 4. The highest BCUT2D eigenvalue weighted by Crippen LogP contribution is 2.53. The Balaban J connectivity index is 1.87. The highest BCUT2D eigenvalue weighted by Gasteiger charge is 2.59. The molecule has 3 aliphatic rings. The molecule has 0 aromatic rings. The molecule has 0 aromatic carbocycles. The summed E-state index contributed by atoms with van der Waals surface area (Å²) in [6, 6.07) is 0.682. The molecule has 3 rings (SSSR count). The third-order valence-corrected chi connectivity index (χ3v) is 8.50. The summed E-state index contributed by atoms with van der Waals surface area (Å²) in [6.45, 7) is 22.4. The quantitative estimate of drug-likeness (QED) is 0.327. The molecule has 4 unspecified atom stereocenters. The van der Waals surface area contributed by atoms with Gasteiger partial charge in [0.1, 0.15) is 24.9 Å². The maximum atomic E-state index is 6.32. The SMILES string of the molecule is CCOC1N[C@@H]([C@H]2CC[C@@]2(C)[C@@H]2NC(OCC)[C@@H](C(C)C)NC2OCC)C(OCC)N[C@@H]1C(C)C. The summed E-state index contributed by atoms with van der Waals surface area (Å²) < 4.78 is 25.0. The van der Waals surface area contributed by atoms with Crippen LogP contribution in [0.25, 0.3) is 0 Å². The second-order valence-electron chi connectivity index (χ2n) is 11.4. The van der Waals surface area contributed by atoms with Crippen LogP contribution in [0, 0.1) is 23.2 Å². The fourth-order valence-electron chi connectivity index (χ4n) is 6.51. The molecule has 1 aliphatic carbocycles. The third-order valence-electron chi connectivity index (χ3n) is 8.50. The Kier molecular flexibility index (Phi) is 10.8. The van der Waals surface area contributed by atoms with E-state index in [9.17, 15) is 0 Å². The molecule has 206 valence electrons. The van der Waals surface area contributed by atoms with E-state index in [-0.39, 0.29) is 54.5 Å². The zero-order valence-corrected chi connectivity index (χ0v) is 23.7. The molecular weight excluding hydrogens is 444 g/mol. The van der Waals surface area contributed by atoms with Crippen molar-refractivity contribution in [3.8, 4) is 0 Å². The lowest BCUT2D eigenvalue weighted by Gasteiger charge is -2.61. The molecular formula is C27H54N4O4. The summed E-state index contributed by atoms with van der Waals surface area (Å²) in [5, 5.41) is 15.4. The zero-order chi connectivity index (χ0) is 25.8. The van der Waals surface area contributed by atoms with Gasteiger partial charge in [0.25, 0.3) is 0 Å². The molecule has 10 atom stereocenters. The Morgan fingerprint density at radius 3 is 1.57 bits per heavy atom. The molecule has 8 nitrogen and oxygen atoms in total. The minimum Gasteiger partial charge on any atom is -0.362 e. The second-order valence-corrected chi connectivity index (χ2v) is 11.4. The number of rotatable bonds is 12. The summed E-state index contributed by atoms with van der Waals surface area (Å²) in [4.78, 5) is 0. The minimum atomic E-state index is -0.0647. The van der Waals surface area contributed by atoms with Gasteiger partial charge in [-0.1, -0.05) is 34.6 Å². The first kappa shape index (κ1) is 29.2. The third kappa shape index (κ3) is 6.23. The maximum absolute atomic E-state index is 6.32. The van der Waals surface area contributed by atoms with E-state index in [4.69, 9.17) is 18.9 Å². The number of nitrogens with one attached hydrogen (secondary N) is 4. The van der Waals surface area contributed by atoms with Gasteiger partial charge in [-0.05, 0) is 63.7 Å². The van der Waals surface area contributed by atoms with E-state index in [0.717, 1.165) is 12.8 Å². The molecule has 0 bridgehead atoms. The molecule has 2 aliphatic heterocycles. The van der Waals surface area contributed by atoms with Gasteiger partial charge in [0, 0.05) is 26.4 Å². The van der Waals surface area contributed by atoms with Gasteiger partial charge in [0.05, 0.1) is 24.2 Å². The van der Waals surface area contributed by atoms with Gasteiger partial charge in [0.2, 0.25) is 0 Å². The van der Waals surface area contributed by atoms with Crippen molar-refractivity contribution in [3.05, 3.63) is 0 Å². The van der Waals surface area contributed by atoms with E-state index in [1.807, 2.05) is 0 Å². The first-order chi connectivity index (χ1) is 16.7. The predicted molar refractivity (Wildman–Crippen MR) is 140 cm³/mol. The summed E-state index contributed by atoms with van der Waals surface area (Å²) in [6.07, 6.45) is 2.09. The van der Waals surface area contributed by atoms with Crippen molar-refractivity contribution in [1.29, 1.82) is 0 Å². The maximum Gasteiger partial charge on any atom is 0.124 e. The smallest absolute Gasteiger partial charge is 0.124 e. The zero-order valence-electron chi connectivity index (χ0n) is 23.7. The van der Waals surface area contributed by atoms with E-state index >= 15 is 0 Å². The van der Waals surface area contributed by atoms with E-state index < -0.39 is 0 Å². The summed E-state index contributed by atoms with van der Waals surface area (Å²) in [5.74, 6) is 1.27. The Bertz CT molecular complexity index is 638. The molecule has 35 heavy (non-hydrogen) atoms.